The Morgan fingerprint density at radius 1 is 1.13 bits per heavy atom. The number of esters is 1. The number of rotatable bonds is 6. The normalized spacial score (nSPS) is 14.9. The first kappa shape index (κ1) is 23.1. The molecule has 2 aromatic carbocycles. The van der Waals surface area contributed by atoms with Gasteiger partial charge in [0.15, 0.2) is 0 Å². The summed E-state index contributed by atoms with van der Waals surface area (Å²) in [5.41, 5.74) is 1.63. The zero-order valence-corrected chi connectivity index (χ0v) is 19.0. The zero-order chi connectivity index (χ0) is 22.6. The molecule has 7 nitrogen and oxygen atoms in total. The van der Waals surface area contributed by atoms with E-state index < -0.39 is 10.0 Å². The van der Waals surface area contributed by atoms with Gasteiger partial charge in [-0.05, 0) is 57.0 Å². The number of hydrogen-bond donors (Lipinski definition) is 1. The lowest BCUT2D eigenvalue weighted by Gasteiger charge is -2.31. The number of amides is 1. The Kier molecular flexibility index (Phi) is 7.23. The number of sulfonamides is 1. The van der Waals surface area contributed by atoms with Gasteiger partial charge in [-0.1, -0.05) is 29.3 Å². The number of likely N-dealkylation sites (tertiary alicyclic amines) is 1. The van der Waals surface area contributed by atoms with Gasteiger partial charge in [0.25, 0.3) is 15.9 Å². The molecular weight excluding hydrogens is 440 g/mol. The average molecular weight is 465 g/mol. The molecule has 3 rings (SSSR count). The Balaban J connectivity index is 1.75. The van der Waals surface area contributed by atoms with Gasteiger partial charge >= 0.3 is 5.97 Å². The fourth-order valence-corrected chi connectivity index (χ4v) is 5.02. The van der Waals surface area contributed by atoms with Crippen LogP contribution < -0.4 is 4.72 Å². The molecule has 1 fully saturated rings. The Morgan fingerprint density at radius 2 is 1.77 bits per heavy atom. The maximum Gasteiger partial charge on any atom is 0.309 e. The van der Waals surface area contributed by atoms with Crippen LogP contribution in [0.1, 0.15) is 35.7 Å². The van der Waals surface area contributed by atoms with Crippen LogP contribution in [-0.4, -0.2) is 44.9 Å². The average Bonchev–Trinajstić information content (AvgIpc) is 2.75. The molecule has 0 radical (unpaired) electrons. The van der Waals surface area contributed by atoms with E-state index in [-0.39, 0.29) is 33.3 Å². The Bertz CT molecular complexity index is 1060. The minimum atomic E-state index is -3.98. The smallest absolute Gasteiger partial charge is 0.309 e. The molecule has 1 heterocycles. The summed E-state index contributed by atoms with van der Waals surface area (Å²) in [5.74, 6) is -0.758. The molecule has 1 N–H and O–H groups in total. The Labute approximate surface area is 187 Å². The number of anilines is 1. The summed E-state index contributed by atoms with van der Waals surface area (Å²) in [6.07, 6.45) is 1.02. The monoisotopic (exact) mass is 464 g/mol. The summed E-state index contributed by atoms with van der Waals surface area (Å²) in [6, 6.07) is 11.1. The summed E-state index contributed by atoms with van der Waals surface area (Å²) in [4.78, 5) is 26.3. The quantitative estimate of drug-likeness (QED) is 0.655. The van der Waals surface area contributed by atoms with Crippen molar-refractivity contribution in [3.05, 3.63) is 58.6 Å². The third-order valence-electron chi connectivity index (χ3n) is 5.17. The van der Waals surface area contributed by atoms with Gasteiger partial charge < -0.3 is 9.64 Å². The second-order valence-corrected chi connectivity index (χ2v) is 9.49. The number of hydrogen-bond acceptors (Lipinski definition) is 5. The first-order valence-electron chi connectivity index (χ1n) is 10.1. The van der Waals surface area contributed by atoms with E-state index >= 15 is 0 Å². The maximum atomic E-state index is 12.9. The second kappa shape index (κ2) is 9.70. The van der Waals surface area contributed by atoms with E-state index in [1.165, 1.54) is 18.2 Å². The fourth-order valence-electron chi connectivity index (χ4n) is 3.44. The molecular formula is C22H25ClN2O5S. The van der Waals surface area contributed by atoms with E-state index in [2.05, 4.69) is 4.72 Å². The summed E-state index contributed by atoms with van der Waals surface area (Å²) >= 11 is 6.15. The Morgan fingerprint density at radius 3 is 2.39 bits per heavy atom. The predicted molar refractivity (Wildman–Crippen MR) is 119 cm³/mol. The van der Waals surface area contributed by atoms with Gasteiger partial charge in [-0.3, -0.25) is 14.3 Å². The van der Waals surface area contributed by atoms with Crippen molar-refractivity contribution in [2.24, 2.45) is 5.92 Å². The molecule has 166 valence electrons. The second-order valence-electron chi connectivity index (χ2n) is 7.44. The van der Waals surface area contributed by atoms with Crippen molar-refractivity contribution in [2.45, 2.75) is 31.6 Å². The van der Waals surface area contributed by atoms with Crippen molar-refractivity contribution in [2.75, 3.05) is 24.4 Å². The number of benzene rings is 2. The molecule has 1 saturated heterocycles. The molecule has 0 aliphatic carbocycles. The highest BCUT2D eigenvalue weighted by atomic mass is 35.5. The number of carbonyl (C=O) groups is 2. The molecule has 0 unspecified atom stereocenters. The van der Waals surface area contributed by atoms with E-state index in [0.29, 0.717) is 38.2 Å². The number of nitrogens with one attached hydrogen (secondary N) is 1. The van der Waals surface area contributed by atoms with Crippen molar-refractivity contribution < 1.29 is 22.7 Å². The molecule has 31 heavy (non-hydrogen) atoms. The number of nitrogens with zero attached hydrogens (tertiary/aromatic N) is 1. The van der Waals surface area contributed by atoms with Crippen LogP contribution in [0.4, 0.5) is 5.69 Å². The van der Waals surface area contributed by atoms with Gasteiger partial charge in [-0.15, -0.1) is 0 Å². The number of aryl methyl sites for hydroxylation is 1. The molecule has 1 amide bonds. The topological polar surface area (TPSA) is 92.8 Å². The molecule has 2 aromatic rings. The standard InChI is InChI=1S/C22H25ClN2O5S/c1-3-30-22(27)16-10-12-25(13-11-16)21(26)17-6-9-19(23)20(14-17)31(28,29)24-18-7-4-15(2)5-8-18/h4-9,14,16,24H,3,10-13H2,1-2H3. The largest absolute Gasteiger partial charge is 0.466 e. The molecule has 0 spiro atoms. The number of halogens is 1. The van der Waals surface area contributed by atoms with Crippen molar-refractivity contribution in [3.8, 4) is 0 Å². The number of ether oxygens (including phenoxy) is 1. The third-order valence-corrected chi connectivity index (χ3v) is 7.04. The number of piperidine rings is 1. The summed E-state index contributed by atoms with van der Waals surface area (Å²) in [6.45, 7) is 4.79. The first-order valence-corrected chi connectivity index (χ1v) is 11.9. The zero-order valence-electron chi connectivity index (χ0n) is 17.4. The van der Waals surface area contributed by atoms with Gasteiger partial charge in [0.05, 0.1) is 17.5 Å². The van der Waals surface area contributed by atoms with Crippen molar-refractivity contribution in [3.63, 3.8) is 0 Å². The SMILES string of the molecule is CCOC(=O)C1CCN(C(=O)c2ccc(Cl)c(S(=O)(=O)Nc3ccc(C)cc3)c2)CC1. The molecule has 0 saturated carbocycles. The van der Waals surface area contributed by atoms with E-state index in [1.807, 2.05) is 6.92 Å². The van der Waals surface area contributed by atoms with Crippen LogP contribution in [0.5, 0.6) is 0 Å². The third kappa shape index (κ3) is 5.57. The molecule has 1 aliphatic heterocycles. The van der Waals surface area contributed by atoms with Gasteiger partial charge in [-0.2, -0.15) is 0 Å². The first-order chi connectivity index (χ1) is 14.7. The lowest BCUT2D eigenvalue weighted by atomic mass is 9.96. The minimum Gasteiger partial charge on any atom is -0.466 e. The minimum absolute atomic E-state index is 0.0252. The highest BCUT2D eigenvalue weighted by Gasteiger charge is 2.29. The van der Waals surface area contributed by atoms with E-state index in [1.54, 1.807) is 36.1 Å². The lowest BCUT2D eigenvalue weighted by Crippen LogP contribution is -2.40. The molecule has 1 aliphatic rings. The molecule has 9 heteroatoms. The molecule has 0 atom stereocenters. The number of carbonyl (C=O) groups excluding carboxylic acids is 2. The predicted octanol–water partition coefficient (Wildman–Crippen LogP) is 3.86. The van der Waals surface area contributed by atoms with Crippen LogP contribution in [0.15, 0.2) is 47.4 Å². The fraction of sp³-hybridized carbons (Fsp3) is 0.364. The maximum absolute atomic E-state index is 12.9. The van der Waals surface area contributed by atoms with E-state index in [9.17, 15) is 18.0 Å². The van der Waals surface area contributed by atoms with Crippen LogP contribution in [0.3, 0.4) is 0 Å². The Hall–Kier alpha value is -2.58. The van der Waals surface area contributed by atoms with Crippen LogP contribution in [0, 0.1) is 12.8 Å². The highest BCUT2D eigenvalue weighted by Crippen LogP contribution is 2.27. The van der Waals surface area contributed by atoms with Crippen molar-refractivity contribution in [1.29, 1.82) is 0 Å². The van der Waals surface area contributed by atoms with Gasteiger partial charge in [-0.25, -0.2) is 8.42 Å². The van der Waals surface area contributed by atoms with E-state index in [0.717, 1.165) is 5.56 Å². The van der Waals surface area contributed by atoms with Crippen LogP contribution in [0.2, 0.25) is 5.02 Å². The van der Waals surface area contributed by atoms with Crippen LogP contribution in [0.25, 0.3) is 0 Å². The lowest BCUT2D eigenvalue weighted by molar-refractivity contribution is -0.149. The molecule has 0 bridgehead atoms. The van der Waals surface area contributed by atoms with Crippen LogP contribution >= 0.6 is 11.6 Å². The van der Waals surface area contributed by atoms with Crippen LogP contribution in [-0.2, 0) is 19.6 Å². The summed E-state index contributed by atoms with van der Waals surface area (Å²) in [7, 11) is -3.98. The van der Waals surface area contributed by atoms with E-state index in [4.69, 9.17) is 16.3 Å². The summed E-state index contributed by atoms with van der Waals surface area (Å²) in [5, 5.41) is 0.0252. The van der Waals surface area contributed by atoms with Crippen molar-refractivity contribution in [1.82, 2.24) is 4.90 Å². The summed E-state index contributed by atoms with van der Waals surface area (Å²) < 4.78 is 33.3. The van der Waals surface area contributed by atoms with Gasteiger partial charge in [0.1, 0.15) is 4.90 Å². The highest BCUT2D eigenvalue weighted by molar-refractivity contribution is 7.92. The van der Waals surface area contributed by atoms with Crippen molar-refractivity contribution >= 4 is 39.2 Å². The van der Waals surface area contributed by atoms with Gasteiger partial charge in [0.2, 0.25) is 0 Å². The van der Waals surface area contributed by atoms with Gasteiger partial charge in [0, 0.05) is 24.3 Å². The molecule has 0 aromatic heterocycles.